The Morgan fingerprint density at radius 3 is 2.27 bits per heavy atom. The number of carbonyl (C=O) groups is 2. The van der Waals surface area contributed by atoms with E-state index in [1.54, 1.807) is 0 Å². The molecule has 0 aliphatic heterocycles. The summed E-state index contributed by atoms with van der Waals surface area (Å²) in [5.74, 6) is 0. The summed E-state index contributed by atoms with van der Waals surface area (Å²) in [6.45, 7) is 1.74. The van der Waals surface area contributed by atoms with Gasteiger partial charge in [0, 0.05) is 5.69 Å². The molecule has 0 aromatic heterocycles. The van der Waals surface area contributed by atoms with Crippen molar-refractivity contribution in [2.75, 3.05) is 5.32 Å². The predicted molar refractivity (Wildman–Crippen MR) is 61.0 cm³/mol. The third-order valence-electron chi connectivity index (χ3n) is 1.41. The Morgan fingerprint density at radius 1 is 1.40 bits per heavy atom. The lowest BCUT2D eigenvalue weighted by Crippen LogP contribution is -2.20. The van der Waals surface area contributed by atoms with Gasteiger partial charge in [0.05, 0.1) is 0 Å². The molecule has 0 unspecified atom stereocenters. The van der Waals surface area contributed by atoms with Crippen LogP contribution in [0.5, 0.6) is 0 Å². The Morgan fingerprint density at radius 2 is 1.87 bits per heavy atom. The molecule has 1 aromatic carbocycles. The molecule has 82 valence electrons. The summed E-state index contributed by atoms with van der Waals surface area (Å²) in [6, 6.07) is 7.18. The van der Waals surface area contributed by atoms with E-state index in [1.165, 1.54) is 0 Å². The molecule has 0 spiro atoms. The second-order valence-corrected chi connectivity index (χ2v) is 2.76. The van der Waals surface area contributed by atoms with Crippen molar-refractivity contribution in [3.63, 3.8) is 0 Å². The summed E-state index contributed by atoms with van der Waals surface area (Å²) in [7, 11) is 0. The van der Waals surface area contributed by atoms with Crippen LogP contribution in [0.3, 0.4) is 0 Å². The van der Waals surface area contributed by atoms with Gasteiger partial charge in [0.1, 0.15) is 0 Å². The monoisotopic (exact) mass is 228 g/mol. The number of nitrogens with one attached hydrogen (secondary N) is 2. The van der Waals surface area contributed by atoms with Crippen molar-refractivity contribution in [3.05, 3.63) is 29.8 Å². The number of thiol groups is 1. The fraction of sp³-hybridized carbons (Fsp3) is 0.111. The first-order valence-electron chi connectivity index (χ1n) is 3.99. The first-order valence-corrected chi connectivity index (χ1v) is 4.44. The molecule has 0 fully saturated rings. The molecule has 0 bridgehead atoms. The van der Waals surface area contributed by atoms with Gasteiger partial charge in [-0.25, -0.2) is 4.79 Å². The Bertz CT molecular complexity index is 314. The smallest absolute Gasteiger partial charge is 0.329 e. The van der Waals surface area contributed by atoms with Crippen LogP contribution in [0, 0.1) is 6.92 Å². The number of hydrogen-bond donors (Lipinski definition) is 4. The highest BCUT2D eigenvalue weighted by Crippen LogP contribution is 2.07. The van der Waals surface area contributed by atoms with E-state index in [1.807, 2.05) is 31.2 Å². The number of aryl methyl sites for hydroxylation is 1. The highest BCUT2D eigenvalue weighted by Gasteiger charge is 1.96. The van der Waals surface area contributed by atoms with Crippen LogP contribution in [-0.2, 0) is 4.79 Å². The van der Waals surface area contributed by atoms with E-state index in [9.17, 15) is 4.79 Å². The van der Waals surface area contributed by atoms with Crippen LogP contribution in [0.1, 0.15) is 5.56 Å². The van der Waals surface area contributed by atoms with Crippen molar-refractivity contribution in [3.8, 4) is 0 Å². The van der Waals surface area contributed by atoms with E-state index >= 15 is 0 Å². The average Bonchev–Trinajstić information content (AvgIpc) is 2.22. The SMILES string of the molecule is Cc1ccc(NC(=O)NS)cc1.O=CO. The lowest BCUT2D eigenvalue weighted by atomic mass is 10.2. The van der Waals surface area contributed by atoms with E-state index in [0.29, 0.717) is 0 Å². The Hall–Kier alpha value is -1.69. The summed E-state index contributed by atoms with van der Waals surface area (Å²) < 4.78 is 2.17. The lowest BCUT2D eigenvalue weighted by Gasteiger charge is -2.02. The number of benzene rings is 1. The maximum absolute atomic E-state index is 10.8. The van der Waals surface area contributed by atoms with Crippen molar-refractivity contribution in [2.24, 2.45) is 0 Å². The molecule has 0 heterocycles. The van der Waals surface area contributed by atoms with Crippen molar-refractivity contribution >= 4 is 31.0 Å². The summed E-state index contributed by atoms with van der Waals surface area (Å²) in [5, 5.41) is 9.48. The third-order valence-corrected chi connectivity index (χ3v) is 1.61. The van der Waals surface area contributed by atoms with E-state index in [4.69, 9.17) is 9.90 Å². The van der Waals surface area contributed by atoms with E-state index in [-0.39, 0.29) is 12.5 Å². The van der Waals surface area contributed by atoms with E-state index < -0.39 is 0 Å². The molecule has 0 aliphatic rings. The minimum Gasteiger partial charge on any atom is -0.483 e. The zero-order valence-electron chi connectivity index (χ0n) is 8.10. The van der Waals surface area contributed by atoms with Crippen LogP contribution in [0.4, 0.5) is 10.5 Å². The maximum Gasteiger partial charge on any atom is 0.329 e. The molecule has 0 saturated carbocycles. The number of anilines is 1. The molecule has 0 aliphatic carbocycles. The number of carbonyl (C=O) groups excluding carboxylic acids is 1. The molecule has 1 aromatic rings. The first-order chi connectivity index (χ1) is 7.13. The quantitative estimate of drug-likeness (QED) is 0.436. The lowest BCUT2D eigenvalue weighted by molar-refractivity contribution is -0.122. The number of urea groups is 1. The molecule has 15 heavy (non-hydrogen) atoms. The average molecular weight is 228 g/mol. The normalized spacial score (nSPS) is 8.13. The van der Waals surface area contributed by atoms with Crippen LogP contribution in [-0.4, -0.2) is 17.6 Å². The van der Waals surface area contributed by atoms with E-state index in [2.05, 4.69) is 22.9 Å². The molecule has 0 saturated heterocycles. The highest BCUT2D eigenvalue weighted by atomic mass is 32.1. The number of rotatable bonds is 1. The molecule has 1 rings (SSSR count). The highest BCUT2D eigenvalue weighted by molar-refractivity contribution is 7.78. The summed E-state index contributed by atoms with van der Waals surface area (Å²) in [6.07, 6.45) is 0. The largest absolute Gasteiger partial charge is 0.483 e. The first kappa shape index (κ1) is 13.3. The maximum atomic E-state index is 10.8. The van der Waals surface area contributed by atoms with Gasteiger partial charge in [-0.1, -0.05) is 30.5 Å². The topological polar surface area (TPSA) is 78.4 Å². The van der Waals surface area contributed by atoms with Crippen molar-refractivity contribution < 1.29 is 14.7 Å². The molecular weight excluding hydrogens is 216 g/mol. The van der Waals surface area contributed by atoms with Gasteiger partial charge in [0.2, 0.25) is 0 Å². The molecule has 0 atom stereocenters. The number of carboxylic acid groups (broad SMARTS) is 1. The van der Waals surface area contributed by atoms with Gasteiger partial charge in [0.15, 0.2) is 0 Å². The molecular formula is C9H12N2O3S. The zero-order valence-corrected chi connectivity index (χ0v) is 8.99. The minimum absolute atomic E-state index is 0.250. The van der Waals surface area contributed by atoms with Crippen molar-refractivity contribution in [2.45, 2.75) is 6.92 Å². The zero-order chi connectivity index (χ0) is 11.7. The molecule has 2 amide bonds. The van der Waals surface area contributed by atoms with Gasteiger partial charge in [-0.05, 0) is 19.1 Å². The van der Waals surface area contributed by atoms with Gasteiger partial charge < -0.3 is 10.4 Å². The van der Waals surface area contributed by atoms with Crippen LogP contribution < -0.4 is 10.0 Å². The third kappa shape index (κ3) is 6.39. The second-order valence-electron chi connectivity index (χ2n) is 2.54. The van der Waals surface area contributed by atoms with Crippen LogP contribution in [0.25, 0.3) is 0 Å². The minimum atomic E-state index is -0.331. The molecule has 6 heteroatoms. The molecule has 5 nitrogen and oxygen atoms in total. The Labute approximate surface area is 93.0 Å². The fourth-order valence-electron chi connectivity index (χ4n) is 0.796. The Kier molecular flexibility index (Phi) is 6.82. The van der Waals surface area contributed by atoms with Crippen LogP contribution >= 0.6 is 12.8 Å². The van der Waals surface area contributed by atoms with Crippen molar-refractivity contribution in [1.29, 1.82) is 0 Å². The summed E-state index contributed by atoms with van der Waals surface area (Å²) >= 11 is 3.60. The predicted octanol–water partition coefficient (Wildman–Crippen LogP) is 1.66. The second kappa shape index (κ2) is 7.69. The van der Waals surface area contributed by atoms with Gasteiger partial charge in [0.25, 0.3) is 6.47 Å². The van der Waals surface area contributed by atoms with Gasteiger partial charge in [-0.15, -0.1) is 0 Å². The van der Waals surface area contributed by atoms with Crippen LogP contribution in [0.2, 0.25) is 0 Å². The fourth-order valence-corrected chi connectivity index (χ4v) is 0.852. The van der Waals surface area contributed by atoms with Gasteiger partial charge >= 0.3 is 6.03 Å². The summed E-state index contributed by atoms with van der Waals surface area (Å²) in [5.41, 5.74) is 1.92. The number of hydrogen-bond acceptors (Lipinski definition) is 3. The number of amides is 2. The van der Waals surface area contributed by atoms with Crippen LogP contribution in [0.15, 0.2) is 24.3 Å². The van der Waals surface area contributed by atoms with E-state index in [0.717, 1.165) is 11.3 Å². The Balaban J connectivity index is 0.000000583. The summed E-state index contributed by atoms with van der Waals surface area (Å²) in [4.78, 5) is 19.1. The standard InChI is InChI=1S/C8H10N2OS.CH2O2/c1-6-2-4-7(5-3-6)9-8(11)10-12;2-1-3/h2-5,12H,1H3,(H2,9,10,11);1H,(H,2,3). The van der Waals surface area contributed by atoms with Gasteiger partial charge in [-0.3, -0.25) is 9.52 Å². The van der Waals surface area contributed by atoms with Crippen molar-refractivity contribution in [1.82, 2.24) is 4.72 Å². The van der Waals surface area contributed by atoms with Gasteiger partial charge in [-0.2, -0.15) is 0 Å². The molecule has 3 N–H and O–H groups in total. The molecule has 0 radical (unpaired) electrons.